The minimum Gasteiger partial charge on any atom is -0.454 e. The molecular formula is C14H19F3IN3O2. The van der Waals surface area contributed by atoms with Crippen LogP contribution in [-0.2, 0) is 6.54 Å². The van der Waals surface area contributed by atoms with Gasteiger partial charge in [0.05, 0.1) is 13.0 Å². The molecule has 1 aromatic carbocycles. The third-order valence-corrected chi connectivity index (χ3v) is 2.90. The topological polar surface area (TPSA) is 54.9 Å². The lowest BCUT2D eigenvalue weighted by molar-refractivity contribution is -0.132. The van der Waals surface area contributed by atoms with Crippen LogP contribution in [0.2, 0.25) is 0 Å². The highest BCUT2D eigenvalue weighted by molar-refractivity contribution is 14.0. The molecule has 0 atom stereocenters. The van der Waals surface area contributed by atoms with Crippen molar-refractivity contribution < 1.29 is 22.6 Å². The van der Waals surface area contributed by atoms with E-state index in [0.717, 1.165) is 5.56 Å². The number of hydrogen-bond donors (Lipinski definition) is 2. The summed E-state index contributed by atoms with van der Waals surface area (Å²) < 4.78 is 46.9. The Balaban J connectivity index is 0.00000264. The van der Waals surface area contributed by atoms with Crippen molar-refractivity contribution >= 4 is 29.9 Å². The molecule has 0 spiro atoms. The van der Waals surface area contributed by atoms with Gasteiger partial charge >= 0.3 is 6.18 Å². The van der Waals surface area contributed by atoms with Gasteiger partial charge in [-0.3, -0.25) is 0 Å². The van der Waals surface area contributed by atoms with E-state index in [-0.39, 0.29) is 37.3 Å². The Bertz CT molecular complexity index is 538. The first-order valence-electron chi connectivity index (χ1n) is 6.95. The van der Waals surface area contributed by atoms with E-state index in [1.165, 1.54) is 0 Å². The molecule has 0 amide bonds. The number of halogens is 4. The average Bonchev–Trinajstić information content (AvgIpc) is 2.91. The molecule has 0 saturated heterocycles. The Morgan fingerprint density at radius 2 is 1.96 bits per heavy atom. The Labute approximate surface area is 149 Å². The second kappa shape index (κ2) is 9.04. The van der Waals surface area contributed by atoms with Gasteiger partial charge in [-0.1, -0.05) is 6.07 Å². The summed E-state index contributed by atoms with van der Waals surface area (Å²) in [4.78, 5) is 4.26. The molecule has 0 saturated carbocycles. The summed E-state index contributed by atoms with van der Waals surface area (Å²) in [5, 5.41) is 5.57. The Morgan fingerprint density at radius 1 is 1.22 bits per heavy atom. The highest BCUT2D eigenvalue weighted by atomic mass is 127. The molecule has 0 unspecified atom stereocenters. The van der Waals surface area contributed by atoms with E-state index in [1.807, 2.05) is 19.1 Å². The number of hydrogen-bond acceptors (Lipinski definition) is 3. The molecule has 0 fully saturated rings. The molecule has 2 rings (SSSR count). The lowest BCUT2D eigenvalue weighted by Crippen LogP contribution is -2.38. The van der Waals surface area contributed by atoms with Crippen LogP contribution < -0.4 is 20.1 Å². The molecule has 0 aromatic heterocycles. The Hall–Kier alpha value is -1.39. The van der Waals surface area contributed by atoms with Gasteiger partial charge in [-0.25, -0.2) is 4.99 Å². The highest BCUT2D eigenvalue weighted by Crippen LogP contribution is 2.32. The second-order valence-electron chi connectivity index (χ2n) is 4.67. The van der Waals surface area contributed by atoms with Crippen molar-refractivity contribution in [3.05, 3.63) is 23.8 Å². The Morgan fingerprint density at radius 3 is 2.65 bits per heavy atom. The van der Waals surface area contributed by atoms with Crippen LogP contribution in [0.15, 0.2) is 23.2 Å². The van der Waals surface area contributed by atoms with Crippen LogP contribution >= 0.6 is 24.0 Å². The third-order valence-electron chi connectivity index (χ3n) is 2.90. The van der Waals surface area contributed by atoms with Crippen LogP contribution in [0.25, 0.3) is 0 Å². The lowest BCUT2D eigenvalue weighted by Gasteiger charge is -2.12. The first kappa shape index (κ1) is 19.7. The van der Waals surface area contributed by atoms with Crippen LogP contribution in [0.4, 0.5) is 13.2 Å². The molecule has 0 bridgehead atoms. The molecule has 130 valence electrons. The quantitative estimate of drug-likeness (QED) is 0.416. The van der Waals surface area contributed by atoms with Gasteiger partial charge in [-0.15, -0.1) is 24.0 Å². The fourth-order valence-electron chi connectivity index (χ4n) is 1.87. The predicted octanol–water partition coefficient (Wildman–Crippen LogP) is 3.04. The largest absolute Gasteiger partial charge is 0.454 e. The van der Waals surface area contributed by atoms with Crippen molar-refractivity contribution in [1.29, 1.82) is 0 Å². The minimum absolute atomic E-state index is 0. The number of guanidine groups is 1. The normalized spacial score (nSPS) is 13.5. The SMILES string of the molecule is CCNC(=NCc1ccc2c(c1)OCO2)NCCC(F)(F)F.I. The predicted molar refractivity (Wildman–Crippen MR) is 91.5 cm³/mol. The molecule has 9 heteroatoms. The van der Waals surface area contributed by atoms with Crippen molar-refractivity contribution in [3.8, 4) is 11.5 Å². The van der Waals surface area contributed by atoms with E-state index in [1.54, 1.807) is 6.07 Å². The number of benzene rings is 1. The molecule has 0 aliphatic carbocycles. The first-order chi connectivity index (χ1) is 10.5. The average molecular weight is 445 g/mol. The molecular weight excluding hydrogens is 426 g/mol. The van der Waals surface area contributed by atoms with E-state index in [4.69, 9.17) is 9.47 Å². The van der Waals surface area contributed by atoms with Crippen LogP contribution in [0.1, 0.15) is 18.9 Å². The van der Waals surface area contributed by atoms with E-state index < -0.39 is 12.6 Å². The van der Waals surface area contributed by atoms with Crippen LogP contribution in [0.3, 0.4) is 0 Å². The number of nitrogens with one attached hydrogen (secondary N) is 2. The molecule has 0 radical (unpaired) electrons. The highest BCUT2D eigenvalue weighted by Gasteiger charge is 2.26. The third kappa shape index (κ3) is 6.71. The van der Waals surface area contributed by atoms with Gasteiger partial charge in [-0.2, -0.15) is 13.2 Å². The molecule has 1 heterocycles. The van der Waals surface area contributed by atoms with Crippen molar-refractivity contribution in [3.63, 3.8) is 0 Å². The first-order valence-corrected chi connectivity index (χ1v) is 6.95. The summed E-state index contributed by atoms with van der Waals surface area (Å²) in [5.74, 6) is 1.69. The van der Waals surface area contributed by atoms with Crippen molar-refractivity contribution in [2.45, 2.75) is 26.1 Å². The van der Waals surface area contributed by atoms with Crippen molar-refractivity contribution in [1.82, 2.24) is 10.6 Å². The van der Waals surface area contributed by atoms with Crippen molar-refractivity contribution in [2.75, 3.05) is 19.9 Å². The molecule has 1 aliphatic rings. The van der Waals surface area contributed by atoms with Gasteiger partial charge in [0.25, 0.3) is 0 Å². The standard InChI is InChI=1S/C14H18F3N3O2.HI/c1-2-18-13(19-6-5-14(15,16)17)20-8-10-3-4-11-12(7-10)22-9-21-11;/h3-4,7H,2,5-6,8-9H2,1H3,(H2,18,19,20);1H. The number of rotatable bonds is 5. The van der Waals surface area contributed by atoms with Gasteiger partial charge in [-0.05, 0) is 24.6 Å². The zero-order valence-corrected chi connectivity index (χ0v) is 14.9. The van der Waals surface area contributed by atoms with Gasteiger partial charge < -0.3 is 20.1 Å². The summed E-state index contributed by atoms with van der Waals surface area (Å²) in [6.45, 7) is 2.73. The number of nitrogens with zero attached hydrogens (tertiary/aromatic N) is 1. The maximum atomic E-state index is 12.1. The molecule has 1 aliphatic heterocycles. The van der Waals surface area contributed by atoms with E-state index in [9.17, 15) is 13.2 Å². The van der Waals surface area contributed by atoms with Gasteiger partial charge in [0.1, 0.15) is 0 Å². The van der Waals surface area contributed by atoms with E-state index in [2.05, 4.69) is 15.6 Å². The number of alkyl halides is 3. The number of ether oxygens (including phenoxy) is 2. The van der Waals surface area contributed by atoms with Crippen LogP contribution in [0, 0.1) is 0 Å². The summed E-state index contributed by atoms with van der Waals surface area (Å²) >= 11 is 0. The molecule has 1 aromatic rings. The van der Waals surface area contributed by atoms with Crippen LogP contribution in [-0.4, -0.2) is 32.0 Å². The zero-order valence-electron chi connectivity index (χ0n) is 12.6. The van der Waals surface area contributed by atoms with Gasteiger partial charge in [0.2, 0.25) is 6.79 Å². The lowest BCUT2D eigenvalue weighted by atomic mass is 10.2. The van der Waals surface area contributed by atoms with E-state index in [0.29, 0.717) is 30.5 Å². The van der Waals surface area contributed by atoms with Gasteiger partial charge in [0, 0.05) is 13.1 Å². The fourth-order valence-corrected chi connectivity index (χ4v) is 1.87. The zero-order chi connectivity index (χ0) is 16.0. The summed E-state index contributed by atoms with van der Waals surface area (Å²) in [7, 11) is 0. The molecule has 23 heavy (non-hydrogen) atoms. The molecule has 2 N–H and O–H groups in total. The number of aliphatic imine (C=N–C) groups is 1. The minimum atomic E-state index is -4.18. The molecule has 5 nitrogen and oxygen atoms in total. The summed E-state index contributed by atoms with van der Waals surface area (Å²) in [5.41, 5.74) is 0.886. The monoisotopic (exact) mass is 445 g/mol. The fraction of sp³-hybridized carbons (Fsp3) is 0.500. The van der Waals surface area contributed by atoms with Gasteiger partial charge in [0.15, 0.2) is 17.5 Å². The Kier molecular flexibility index (Phi) is 7.73. The maximum Gasteiger partial charge on any atom is 0.390 e. The van der Waals surface area contributed by atoms with Crippen LogP contribution in [0.5, 0.6) is 11.5 Å². The second-order valence-corrected chi connectivity index (χ2v) is 4.67. The summed E-state index contributed by atoms with van der Waals surface area (Å²) in [6.07, 6.45) is -5.08. The van der Waals surface area contributed by atoms with E-state index >= 15 is 0 Å². The van der Waals surface area contributed by atoms with Crippen molar-refractivity contribution in [2.24, 2.45) is 4.99 Å². The smallest absolute Gasteiger partial charge is 0.390 e. The maximum absolute atomic E-state index is 12.1. The summed E-state index contributed by atoms with van der Waals surface area (Å²) in [6, 6.07) is 5.44. The number of fused-ring (bicyclic) bond motifs is 1.